The van der Waals surface area contributed by atoms with Gasteiger partial charge in [-0.15, -0.1) is 0 Å². The van der Waals surface area contributed by atoms with Crippen LogP contribution in [0.1, 0.15) is 25.1 Å². The van der Waals surface area contributed by atoms with Gasteiger partial charge in [0, 0.05) is 39.1 Å². The van der Waals surface area contributed by atoms with Crippen molar-refractivity contribution in [2.24, 2.45) is 0 Å². The maximum Gasteiger partial charge on any atom is 0.235 e. The lowest BCUT2D eigenvalue weighted by atomic mass is 9.75. The highest BCUT2D eigenvalue weighted by Gasteiger charge is 2.40. The molecule has 45 heavy (non-hydrogen) atoms. The van der Waals surface area contributed by atoms with Crippen LogP contribution in [0.5, 0.6) is 11.5 Å². The molecule has 0 N–H and O–H groups in total. The van der Waals surface area contributed by atoms with E-state index in [1.807, 2.05) is 54.7 Å². The van der Waals surface area contributed by atoms with E-state index in [0.717, 1.165) is 72.5 Å². The summed E-state index contributed by atoms with van der Waals surface area (Å²) in [6.45, 7) is 4.48. The standard InChI is InChI=1S/C40H28N4O/c1-40(2)35-28-19-10-9-18-27(28)34-29-20-11-12-21-32(29)44(36(34)37(35)45-33-22-13-23-41-38(33)40)39-42-30(25-14-5-3-6-15-25)24-31(43-39)26-16-7-4-8-17-26/h3-24H,1-2H3. The minimum atomic E-state index is -0.415. The fourth-order valence-corrected chi connectivity index (χ4v) is 7.03. The molecule has 5 nitrogen and oxygen atoms in total. The van der Waals surface area contributed by atoms with Crippen molar-refractivity contribution in [3.05, 3.63) is 145 Å². The second-order valence-corrected chi connectivity index (χ2v) is 12.1. The Kier molecular flexibility index (Phi) is 5.47. The largest absolute Gasteiger partial charge is 0.453 e. The molecule has 3 aromatic heterocycles. The molecule has 5 heteroatoms. The SMILES string of the molecule is CC1(C)c2ncccc2Oc2c1c1ccccc1c1c3ccccc3n(-c3nc(-c4ccccc4)cc(-c4ccccc4)n3)c21. The topological polar surface area (TPSA) is 52.8 Å². The highest BCUT2D eigenvalue weighted by Crippen LogP contribution is 2.54. The number of fused-ring (bicyclic) bond motifs is 9. The first-order valence-corrected chi connectivity index (χ1v) is 15.2. The van der Waals surface area contributed by atoms with Gasteiger partial charge in [0.1, 0.15) is 11.3 Å². The van der Waals surface area contributed by atoms with Crippen molar-refractivity contribution in [2.45, 2.75) is 19.3 Å². The van der Waals surface area contributed by atoms with Gasteiger partial charge in [-0.1, -0.05) is 103 Å². The molecule has 0 saturated carbocycles. The first-order chi connectivity index (χ1) is 22.1. The molecular formula is C40H28N4O. The molecule has 0 aliphatic carbocycles. The zero-order chi connectivity index (χ0) is 30.1. The average molecular weight is 581 g/mol. The van der Waals surface area contributed by atoms with Crippen LogP contribution in [-0.4, -0.2) is 19.5 Å². The number of para-hydroxylation sites is 1. The van der Waals surface area contributed by atoms with Crippen LogP contribution in [0, 0.1) is 0 Å². The third kappa shape index (κ3) is 3.77. The molecule has 214 valence electrons. The van der Waals surface area contributed by atoms with Crippen LogP contribution in [0.3, 0.4) is 0 Å². The quantitative estimate of drug-likeness (QED) is 0.209. The van der Waals surface area contributed by atoms with Crippen molar-refractivity contribution < 1.29 is 4.74 Å². The molecule has 0 saturated heterocycles. The highest BCUT2D eigenvalue weighted by atomic mass is 16.5. The number of rotatable bonds is 3. The van der Waals surface area contributed by atoms with Crippen LogP contribution in [0.2, 0.25) is 0 Å². The number of ether oxygens (including phenoxy) is 1. The van der Waals surface area contributed by atoms with E-state index in [1.165, 1.54) is 5.39 Å². The molecule has 0 bridgehead atoms. The smallest absolute Gasteiger partial charge is 0.235 e. The Morgan fingerprint density at radius 1 is 0.622 bits per heavy atom. The number of hydrogen-bond donors (Lipinski definition) is 0. The Hall–Kier alpha value is -5.81. The Balaban J connectivity index is 1.47. The summed E-state index contributed by atoms with van der Waals surface area (Å²) in [5.74, 6) is 2.19. The Bertz CT molecular complexity index is 2370. The van der Waals surface area contributed by atoms with Crippen molar-refractivity contribution >= 4 is 32.6 Å². The van der Waals surface area contributed by atoms with Gasteiger partial charge in [-0.3, -0.25) is 9.55 Å². The van der Waals surface area contributed by atoms with Crippen LogP contribution in [-0.2, 0) is 5.41 Å². The maximum atomic E-state index is 6.92. The lowest BCUT2D eigenvalue weighted by Crippen LogP contribution is -2.26. The number of aromatic nitrogens is 4. The number of benzene rings is 5. The summed E-state index contributed by atoms with van der Waals surface area (Å²) in [6, 6.07) is 43.8. The van der Waals surface area contributed by atoms with Gasteiger partial charge in [0.25, 0.3) is 0 Å². The van der Waals surface area contributed by atoms with E-state index in [0.29, 0.717) is 5.95 Å². The summed E-state index contributed by atoms with van der Waals surface area (Å²) >= 11 is 0. The fourth-order valence-electron chi connectivity index (χ4n) is 7.03. The Morgan fingerprint density at radius 2 is 1.22 bits per heavy atom. The van der Waals surface area contributed by atoms with Crippen molar-refractivity contribution in [1.82, 2.24) is 19.5 Å². The third-order valence-electron chi connectivity index (χ3n) is 9.04. The second-order valence-electron chi connectivity index (χ2n) is 12.1. The second kappa shape index (κ2) is 9.60. The van der Waals surface area contributed by atoms with Gasteiger partial charge in [-0.05, 0) is 48.9 Å². The number of hydrogen-bond acceptors (Lipinski definition) is 4. The van der Waals surface area contributed by atoms with Crippen LogP contribution in [0.4, 0.5) is 0 Å². The molecule has 4 heterocycles. The fraction of sp³-hybridized carbons (Fsp3) is 0.0750. The summed E-state index contributed by atoms with van der Waals surface area (Å²) in [4.78, 5) is 15.3. The molecule has 8 aromatic rings. The van der Waals surface area contributed by atoms with Gasteiger partial charge in [0.15, 0.2) is 5.75 Å². The average Bonchev–Trinajstić information content (AvgIpc) is 3.45. The zero-order valence-electron chi connectivity index (χ0n) is 24.9. The van der Waals surface area contributed by atoms with E-state index >= 15 is 0 Å². The van der Waals surface area contributed by atoms with Crippen molar-refractivity contribution in [1.29, 1.82) is 0 Å². The normalized spacial score (nSPS) is 13.5. The first-order valence-electron chi connectivity index (χ1n) is 15.2. The lowest BCUT2D eigenvalue weighted by molar-refractivity contribution is 0.415. The van der Waals surface area contributed by atoms with E-state index < -0.39 is 5.41 Å². The van der Waals surface area contributed by atoms with E-state index in [1.54, 1.807) is 0 Å². The Morgan fingerprint density at radius 3 is 1.91 bits per heavy atom. The molecule has 0 fully saturated rings. The summed E-state index contributed by atoms with van der Waals surface area (Å²) in [7, 11) is 0. The van der Waals surface area contributed by atoms with Crippen LogP contribution >= 0.6 is 0 Å². The molecule has 0 amide bonds. The van der Waals surface area contributed by atoms with Crippen molar-refractivity contribution in [3.8, 4) is 40.0 Å². The van der Waals surface area contributed by atoms with Crippen LogP contribution in [0.15, 0.2) is 134 Å². The summed E-state index contributed by atoms with van der Waals surface area (Å²) < 4.78 is 9.12. The molecule has 9 rings (SSSR count). The highest BCUT2D eigenvalue weighted by molar-refractivity contribution is 6.24. The lowest BCUT2D eigenvalue weighted by Gasteiger charge is -2.35. The van der Waals surface area contributed by atoms with Gasteiger partial charge < -0.3 is 4.74 Å². The van der Waals surface area contributed by atoms with Gasteiger partial charge in [0.2, 0.25) is 5.95 Å². The number of nitrogens with zero attached hydrogens (tertiary/aromatic N) is 4. The third-order valence-corrected chi connectivity index (χ3v) is 9.04. The monoisotopic (exact) mass is 580 g/mol. The van der Waals surface area contributed by atoms with Crippen molar-refractivity contribution in [2.75, 3.05) is 0 Å². The van der Waals surface area contributed by atoms with Gasteiger partial charge in [-0.2, -0.15) is 0 Å². The summed E-state index contributed by atoms with van der Waals surface area (Å²) in [5.41, 5.74) is 7.38. The maximum absolute atomic E-state index is 6.92. The summed E-state index contributed by atoms with van der Waals surface area (Å²) in [6.07, 6.45) is 1.85. The minimum absolute atomic E-state index is 0.415. The van der Waals surface area contributed by atoms with Gasteiger partial charge in [0.05, 0.1) is 22.6 Å². The number of pyridine rings is 1. The summed E-state index contributed by atoms with van der Waals surface area (Å²) in [5, 5.41) is 4.57. The van der Waals surface area contributed by atoms with Gasteiger partial charge >= 0.3 is 0 Å². The Labute approximate surface area is 260 Å². The van der Waals surface area contributed by atoms with Crippen molar-refractivity contribution in [3.63, 3.8) is 0 Å². The molecule has 0 spiro atoms. The van der Waals surface area contributed by atoms with Gasteiger partial charge in [-0.25, -0.2) is 9.97 Å². The van der Waals surface area contributed by atoms with Crippen LogP contribution < -0.4 is 4.74 Å². The predicted molar refractivity (Wildman–Crippen MR) is 181 cm³/mol. The first kappa shape index (κ1) is 25.7. The molecule has 1 aliphatic rings. The molecular weight excluding hydrogens is 552 g/mol. The molecule has 5 aromatic carbocycles. The van der Waals surface area contributed by atoms with E-state index in [9.17, 15) is 0 Å². The van der Waals surface area contributed by atoms with E-state index in [2.05, 4.69) is 97.3 Å². The zero-order valence-corrected chi connectivity index (χ0v) is 24.9. The minimum Gasteiger partial charge on any atom is -0.453 e. The molecule has 0 atom stereocenters. The predicted octanol–water partition coefficient (Wildman–Crippen LogP) is 9.89. The molecule has 0 radical (unpaired) electrons. The van der Waals surface area contributed by atoms with E-state index in [-0.39, 0.29) is 0 Å². The van der Waals surface area contributed by atoms with Crippen LogP contribution in [0.25, 0.3) is 61.0 Å². The molecule has 1 aliphatic heterocycles. The van der Waals surface area contributed by atoms with E-state index in [4.69, 9.17) is 19.7 Å². The molecule has 0 unspecified atom stereocenters.